The van der Waals surface area contributed by atoms with Crippen LogP contribution in [0.25, 0.3) is 0 Å². The van der Waals surface area contributed by atoms with Crippen LogP contribution in [0.15, 0.2) is 79.2 Å². The number of hydrogen-bond acceptors (Lipinski definition) is 13. The van der Waals surface area contributed by atoms with E-state index < -0.39 is 94.9 Å². The fourth-order valence-electron chi connectivity index (χ4n) is 7.04. The first-order valence-corrected chi connectivity index (χ1v) is 16.9. The first-order valence-electron chi connectivity index (χ1n) is 16.9. The van der Waals surface area contributed by atoms with Gasteiger partial charge in [0.25, 0.3) is 0 Å². The maximum Gasteiger partial charge on any atom is 0.340 e. The predicted octanol–water partition coefficient (Wildman–Crippen LogP) is 4.37. The molecule has 0 unspecified atom stereocenters. The number of benzene rings is 1. The molecule has 2 aliphatic rings. The summed E-state index contributed by atoms with van der Waals surface area (Å²) >= 11 is 0. The molecule has 2 aliphatic carbocycles. The lowest BCUT2D eigenvalue weighted by Gasteiger charge is -2.44. The van der Waals surface area contributed by atoms with E-state index in [0.29, 0.717) is 0 Å². The van der Waals surface area contributed by atoms with E-state index in [0.717, 1.165) is 20.8 Å². The van der Waals surface area contributed by atoms with Crippen LogP contribution in [0.3, 0.4) is 0 Å². The van der Waals surface area contributed by atoms with E-state index in [9.17, 15) is 33.9 Å². The Kier molecular flexibility index (Phi) is 12.2. The summed E-state index contributed by atoms with van der Waals surface area (Å²) < 4.78 is 29.8. The fraction of sp³-hybridized carbons (Fsp3) is 0.462. The Labute approximate surface area is 302 Å². The Hall–Kier alpha value is -5.17. The smallest absolute Gasteiger partial charge is 0.340 e. The topological polar surface area (TPSA) is 182 Å². The van der Waals surface area contributed by atoms with Gasteiger partial charge in [0.05, 0.1) is 23.1 Å². The van der Waals surface area contributed by atoms with Crippen LogP contribution in [-0.2, 0) is 42.9 Å². The van der Waals surface area contributed by atoms with Crippen LogP contribution in [0, 0.1) is 23.2 Å². The molecule has 0 bridgehead atoms. The second kappa shape index (κ2) is 16.0. The van der Waals surface area contributed by atoms with Gasteiger partial charge in [0, 0.05) is 56.5 Å². The SMILES string of the molecule is C=C1[C@H](OC(=O)c2ccccc2)[C@@H](OC(C)=O)[C@@H](OC(=O)c2cccnc2)C(C)(C)/C=C/[C@@H](C)C(=O)[C@@]2(OC(C)=O)C[C@H](C)[C@H](O)[C@@H]2[C@H]1OC(C)=O. The number of aliphatic hydroxyl groups excluding tert-OH is 1. The van der Waals surface area contributed by atoms with Crippen LogP contribution in [0.1, 0.15) is 75.6 Å². The van der Waals surface area contributed by atoms with Gasteiger partial charge in [0.15, 0.2) is 29.7 Å². The number of esters is 5. The zero-order valence-electron chi connectivity index (χ0n) is 30.3. The van der Waals surface area contributed by atoms with E-state index in [4.69, 9.17) is 23.7 Å². The highest BCUT2D eigenvalue weighted by Crippen LogP contribution is 2.50. The Morgan fingerprint density at radius 3 is 2.02 bits per heavy atom. The molecule has 0 radical (unpaired) electrons. The largest absolute Gasteiger partial charge is 0.457 e. The molecule has 0 spiro atoms. The van der Waals surface area contributed by atoms with Gasteiger partial charge in [0.1, 0.15) is 6.10 Å². The van der Waals surface area contributed by atoms with Crippen LogP contribution >= 0.6 is 0 Å². The molecule has 13 nitrogen and oxygen atoms in total. The molecule has 0 aliphatic heterocycles. The van der Waals surface area contributed by atoms with Gasteiger partial charge in [-0.25, -0.2) is 9.59 Å². The van der Waals surface area contributed by atoms with Gasteiger partial charge in [0.2, 0.25) is 0 Å². The van der Waals surface area contributed by atoms with E-state index >= 15 is 0 Å². The van der Waals surface area contributed by atoms with Crippen LogP contribution in [0.5, 0.6) is 0 Å². The number of Topliss-reactive ketones (excluding diaryl/α,β-unsaturated/α-hetero) is 1. The third-order valence-corrected chi connectivity index (χ3v) is 9.44. The molecule has 1 fully saturated rings. The van der Waals surface area contributed by atoms with Crippen molar-refractivity contribution in [2.75, 3.05) is 0 Å². The highest BCUT2D eigenvalue weighted by atomic mass is 16.6. The third-order valence-electron chi connectivity index (χ3n) is 9.44. The fourth-order valence-corrected chi connectivity index (χ4v) is 7.04. The molecule has 1 saturated carbocycles. The minimum Gasteiger partial charge on any atom is -0.457 e. The van der Waals surface area contributed by atoms with Gasteiger partial charge in [-0.05, 0) is 30.2 Å². The Morgan fingerprint density at radius 2 is 1.44 bits per heavy atom. The zero-order chi connectivity index (χ0) is 38.5. The van der Waals surface area contributed by atoms with E-state index in [1.807, 2.05) is 0 Å². The van der Waals surface area contributed by atoms with Crippen molar-refractivity contribution in [2.24, 2.45) is 23.2 Å². The number of rotatable bonds is 7. The molecular weight excluding hydrogens is 674 g/mol. The number of hydrogen-bond donors (Lipinski definition) is 1. The Morgan fingerprint density at radius 1 is 0.827 bits per heavy atom. The number of carbonyl (C=O) groups is 6. The van der Waals surface area contributed by atoms with Gasteiger partial charge in [-0.15, -0.1) is 0 Å². The standard InChI is InChI=1S/C39H45NO12/c1-21-16-17-38(7,8)35(51-37(47)28-15-12-18-40-20-28)33(49-25(5)42)32(50-36(46)27-13-10-9-11-14-27)23(3)31(48-24(4)41)29-30(44)22(2)19-39(29,34(21)45)52-26(6)43/h9-18,20-22,29-33,35,44H,3,19H2,1-2,4-8H3/b17-16+/t21-,22+,29-,30+,31+,32+,33-,35-,39-/m1/s1. The van der Waals surface area contributed by atoms with Gasteiger partial charge in [-0.2, -0.15) is 0 Å². The highest BCUT2D eigenvalue weighted by molar-refractivity contribution is 5.94. The van der Waals surface area contributed by atoms with Crippen LogP contribution in [-0.4, -0.2) is 81.8 Å². The molecule has 52 heavy (non-hydrogen) atoms. The van der Waals surface area contributed by atoms with Crippen molar-refractivity contribution in [3.8, 4) is 0 Å². The normalized spacial score (nSPS) is 30.7. The van der Waals surface area contributed by atoms with E-state index in [1.54, 1.807) is 52.0 Å². The summed E-state index contributed by atoms with van der Waals surface area (Å²) in [7, 11) is 0. The second-order valence-corrected chi connectivity index (χ2v) is 14.0. The van der Waals surface area contributed by atoms with Crippen molar-refractivity contribution in [1.82, 2.24) is 4.98 Å². The minimum absolute atomic E-state index is 0.0576. The minimum atomic E-state index is -2.04. The van der Waals surface area contributed by atoms with E-state index in [2.05, 4.69) is 11.6 Å². The molecule has 9 atom stereocenters. The quantitative estimate of drug-likeness (QED) is 0.242. The first kappa shape index (κ1) is 39.6. The van der Waals surface area contributed by atoms with Crippen molar-refractivity contribution >= 4 is 35.6 Å². The van der Waals surface area contributed by atoms with Crippen molar-refractivity contribution in [3.05, 3.63) is 90.3 Å². The molecule has 0 saturated heterocycles. The molecule has 1 N–H and O–H groups in total. The Bertz CT molecular complexity index is 1720. The van der Waals surface area contributed by atoms with Crippen molar-refractivity contribution < 1.29 is 57.6 Å². The number of fused-ring (bicyclic) bond motifs is 1. The molecule has 1 aromatic carbocycles. The van der Waals surface area contributed by atoms with Crippen molar-refractivity contribution in [3.63, 3.8) is 0 Å². The lowest BCUT2D eigenvalue weighted by atomic mass is 9.72. The average Bonchev–Trinajstić information content (AvgIpc) is 3.34. The van der Waals surface area contributed by atoms with E-state index in [-0.39, 0.29) is 23.1 Å². The zero-order valence-corrected chi connectivity index (χ0v) is 30.3. The number of allylic oxidation sites excluding steroid dienone is 1. The number of pyridine rings is 1. The number of nitrogens with zero attached hydrogens (tertiary/aromatic N) is 1. The summed E-state index contributed by atoms with van der Waals surface area (Å²) in [6.07, 6.45) is -2.27. The predicted molar refractivity (Wildman–Crippen MR) is 184 cm³/mol. The lowest BCUT2D eigenvalue weighted by Crippen LogP contribution is -2.58. The van der Waals surface area contributed by atoms with Gasteiger partial charge < -0.3 is 28.8 Å². The number of aliphatic hydroxyl groups is 1. The summed E-state index contributed by atoms with van der Waals surface area (Å²) in [5, 5.41) is 11.8. The lowest BCUT2D eigenvalue weighted by molar-refractivity contribution is -0.185. The maximum absolute atomic E-state index is 14.6. The summed E-state index contributed by atoms with van der Waals surface area (Å²) in [6, 6.07) is 10.8. The number of carbonyl (C=O) groups excluding carboxylic acids is 6. The molecule has 1 heterocycles. The third kappa shape index (κ3) is 8.47. The summed E-state index contributed by atoms with van der Waals surface area (Å²) in [4.78, 5) is 84.6. The molecule has 0 amide bonds. The van der Waals surface area contributed by atoms with E-state index in [1.165, 1.54) is 42.7 Å². The Balaban J connectivity index is 2.06. The molecule has 278 valence electrons. The highest BCUT2D eigenvalue weighted by Gasteiger charge is 2.64. The molecule has 4 rings (SSSR count). The number of aromatic nitrogens is 1. The van der Waals surface area contributed by atoms with Crippen LogP contribution in [0.4, 0.5) is 0 Å². The number of ether oxygens (including phenoxy) is 5. The summed E-state index contributed by atoms with van der Waals surface area (Å²) in [5.74, 6) is -8.06. The molecular formula is C39H45NO12. The summed E-state index contributed by atoms with van der Waals surface area (Å²) in [6.45, 7) is 14.0. The van der Waals surface area contributed by atoms with Crippen LogP contribution in [0.2, 0.25) is 0 Å². The maximum atomic E-state index is 14.6. The van der Waals surface area contributed by atoms with Gasteiger partial charge >= 0.3 is 29.8 Å². The molecule has 2 aromatic rings. The van der Waals surface area contributed by atoms with Crippen molar-refractivity contribution in [2.45, 2.75) is 91.0 Å². The first-order chi connectivity index (χ1) is 24.4. The summed E-state index contributed by atoms with van der Waals surface area (Å²) in [5.41, 5.74) is -3.44. The molecule has 13 heteroatoms. The number of ketones is 1. The van der Waals surface area contributed by atoms with Gasteiger partial charge in [-0.3, -0.25) is 24.2 Å². The van der Waals surface area contributed by atoms with Crippen molar-refractivity contribution in [1.29, 1.82) is 0 Å². The average molecular weight is 720 g/mol. The van der Waals surface area contributed by atoms with Gasteiger partial charge in [-0.1, -0.05) is 64.6 Å². The second-order valence-electron chi connectivity index (χ2n) is 14.0. The monoisotopic (exact) mass is 719 g/mol. The van der Waals surface area contributed by atoms with Crippen LogP contribution < -0.4 is 0 Å². The molecule has 1 aromatic heterocycles.